The first-order valence-corrected chi connectivity index (χ1v) is 12.3. The molecule has 0 saturated carbocycles. The number of alkyl carbamates (subject to hydrolysis) is 1. The van der Waals surface area contributed by atoms with Gasteiger partial charge in [0, 0.05) is 19.0 Å². The van der Waals surface area contributed by atoms with E-state index in [0.717, 1.165) is 22.3 Å². The first kappa shape index (κ1) is 24.8. The van der Waals surface area contributed by atoms with Gasteiger partial charge in [-0.2, -0.15) is 0 Å². The van der Waals surface area contributed by atoms with E-state index in [-0.39, 0.29) is 36.8 Å². The summed E-state index contributed by atoms with van der Waals surface area (Å²) in [5.41, 5.74) is 3.54. The molecule has 0 bridgehead atoms. The maximum absolute atomic E-state index is 13.4. The number of carbonyl (C=O) groups is 3. The van der Waals surface area contributed by atoms with Gasteiger partial charge in [0.2, 0.25) is 5.91 Å². The van der Waals surface area contributed by atoms with Crippen LogP contribution in [0.1, 0.15) is 51.2 Å². The van der Waals surface area contributed by atoms with Gasteiger partial charge in [0.15, 0.2) is 0 Å². The summed E-state index contributed by atoms with van der Waals surface area (Å²) in [4.78, 5) is 39.6. The van der Waals surface area contributed by atoms with Crippen LogP contribution in [-0.2, 0) is 14.3 Å². The van der Waals surface area contributed by atoms with E-state index in [0.29, 0.717) is 13.0 Å². The topological polar surface area (TPSA) is 95.9 Å². The predicted molar refractivity (Wildman–Crippen MR) is 133 cm³/mol. The fourth-order valence-corrected chi connectivity index (χ4v) is 5.24. The molecule has 1 fully saturated rings. The summed E-state index contributed by atoms with van der Waals surface area (Å²) in [7, 11) is 0. The Morgan fingerprint density at radius 3 is 2.20 bits per heavy atom. The van der Waals surface area contributed by atoms with Crippen molar-refractivity contribution < 1.29 is 24.2 Å². The Balaban J connectivity index is 1.45. The number of fused-ring (bicyclic) bond motifs is 3. The zero-order valence-corrected chi connectivity index (χ0v) is 20.8. The van der Waals surface area contributed by atoms with E-state index in [9.17, 15) is 19.5 Å². The van der Waals surface area contributed by atoms with Crippen LogP contribution >= 0.6 is 0 Å². The first-order chi connectivity index (χ1) is 16.7. The molecule has 0 spiro atoms. The summed E-state index contributed by atoms with van der Waals surface area (Å²) >= 11 is 0. The molecule has 4 rings (SSSR count). The highest BCUT2D eigenvalue weighted by Crippen LogP contribution is 2.44. The number of amides is 2. The van der Waals surface area contributed by atoms with Gasteiger partial charge >= 0.3 is 12.1 Å². The molecule has 1 aliphatic heterocycles. The van der Waals surface area contributed by atoms with E-state index in [1.807, 2.05) is 45.0 Å². The van der Waals surface area contributed by atoms with Gasteiger partial charge in [-0.15, -0.1) is 0 Å². The van der Waals surface area contributed by atoms with Crippen molar-refractivity contribution in [1.82, 2.24) is 10.2 Å². The minimum Gasteiger partial charge on any atom is -0.481 e. The fourth-order valence-electron chi connectivity index (χ4n) is 5.24. The lowest BCUT2D eigenvalue weighted by molar-refractivity contribution is -0.149. The van der Waals surface area contributed by atoms with Crippen LogP contribution in [0.15, 0.2) is 48.5 Å². The molecule has 2 N–H and O–H groups in total. The summed E-state index contributed by atoms with van der Waals surface area (Å²) in [6.45, 7) is 8.02. The lowest BCUT2D eigenvalue weighted by Gasteiger charge is -2.29. The Bertz CT molecular complexity index is 1090. The molecule has 2 aliphatic rings. The largest absolute Gasteiger partial charge is 0.481 e. The lowest BCUT2D eigenvalue weighted by Crippen LogP contribution is -2.52. The highest BCUT2D eigenvalue weighted by Gasteiger charge is 2.49. The fraction of sp³-hybridized carbons (Fsp3) is 0.464. The highest BCUT2D eigenvalue weighted by molar-refractivity contribution is 5.87. The van der Waals surface area contributed by atoms with Gasteiger partial charge < -0.3 is 20.1 Å². The zero-order valence-electron chi connectivity index (χ0n) is 20.8. The minimum absolute atomic E-state index is 0.0680. The molecule has 0 aromatic heterocycles. The third-order valence-electron chi connectivity index (χ3n) is 8.00. The second kappa shape index (κ2) is 9.72. The van der Waals surface area contributed by atoms with Crippen LogP contribution in [0.5, 0.6) is 0 Å². The number of benzene rings is 2. The molecule has 0 radical (unpaired) electrons. The Labute approximate surface area is 206 Å². The van der Waals surface area contributed by atoms with E-state index in [1.165, 1.54) is 0 Å². The van der Waals surface area contributed by atoms with Gasteiger partial charge in [0.05, 0.1) is 5.41 Å². The Hall–Kier alpha value is -3.35. The molecule has 1 heterocycles. The molecule has 35 heavy (non-hydrogen) atoms. The number of aliphatic carboxylic acids is 1. The van der Waals surface area contributed by atoms with Crippen LogP contribution in [0, 0.1) is 17.3 Å². The second-order valence-corrected chi connectivity index (χ2v) is 10.2. The molecule has 2 aromatic carbocycles. The SMILES string of the molecule is CC[C@H](C)[C@H](NC(=O)OCC1c2ccccc2-c2ccccc21)C(=O)N1C[C@@H](C)[C@](C)(C(=O)O)C1. The normalized spacial score (nSPS) is 22.7. The maximum atomic E-state index is 13.4. The van der Waals surface area contributed by atoms with E-state index in [2.05, 4.69) is 29.6 Å². The Morgan fingerprint density at radius 2 is 1.69 bits per heavy atom. The van der Waals surface area contributed by atoms with E-state index >= 15 is 0 Å². The average Bonchev–Trinajstić information content (AvgIpc) is 3.35. The summed E-state index contributed by atoms with van der Waals surface area (Å²) in [5, 5.41) is 12.5. The van der Waals surface area contributed by atoms with Gasteiger partial charge in [-0.25, -0.2) is 4.79 Å². The van der Waals surface area contributed by atoms with Crippen molar-refractivity contribution in [3.63, 3.8) is 0 Å². The van der Waals surface area contributed by atoms with Crippen molar-refractivity contribution in [2.24, 2.45) is 17.3 Å². The van der Waals surface area contributed by atoms with Crippen LogP contribution in [0.4, 0.5) is 4.79 Å². The number of rotatable bonds is 7. The standard InChI is InChI=1S/C28H34N2O5/c1-5-17(2)24(25(31)30-14-18(3)28(4,16-30)26(32)33)29-27(34)35-15-23-21-12-8-6-10-19(21)20-11-7-9-13-22(20)23/h6-13,17-18,23-24H,5,14-16H2,1-4H3,(H,29,34)(H,32,33)/t17-,18+,24-,28+/m0/s1. The quantitative estimate of drug-likeness (QED) is 0.611. The number of carboxylic acid groups (broad SMARTS) is 1. The number of nitrogens with zero attached hydrogens (tertiary/aromatic N) is 1. The third kappa shape index (κ3) is 4.51. The second-order valence-electron chi connectivity index (χ2n) is 10.2. The van der Waals surface area contributed by atoms with E-state index in [4.69, 9.17) is 4.74 Å². The van der Waals surface area contributed by atoms with Gasteiger partial charge in [-0.05, 0) is 41.0 Å². The van der Waals surface area contributed by atoms with E-state index in [1.54, 1.807) is 11.8 Å². The minimum atomic E-state index is -1.00. The molecule has 1 saturated heterocycles. The number of carboxylic acids is 1. The third-order valence-corrected chi connectivity index (χ3v) is 8.00. The molecule has 7 heteroatoms. The van der Waals surface area contributed by atoms with Crippen molar-refractivity contribution in [3.8, 4) is 11.1 Å². The molecule has 186 valence electrons. The van der Waals surface area contributed by atoms with Crippen LogP contribution in [0.2, 0.25) is 0 Å². The molecule has 4 atom stereocenters. The number of hydrogen-bond donors (Lipinski definition) is 2. The Kier molecular flexibility index (Phi) is 6.88. The maximum Gasteiger partial charge on any atom is 0.407 e. The van der Waals surface area contributed by atoms with Crippen molar-refractivity contribution in [2.75, 3.05) is 19.7 Å². The van der Waals surface area contributed by atoms with Crippen molar-refractivity contribution in [2.45, 2.75) is 46.1 Å². The van der Waals surface area contributed by atoms with Crippen LogP contribution < -0.4 is 5.32 Å². The van der Waals surface area contributed by atoms with Crippen molar-refractivity contribution in [1.29, 1.82) is 0 Å². The molecule has 0 unspecified atom stereocenters. The molecule has 2 amide bonds. The summed E-state index contributed by atoms with van der Waals surface area (Å²) in [5.74, 6) is -1.55. The number of carbonyl (C=O) groups excluding carboxylic acids is 2. The summed E-state index contributed by atoms with van der Waals surface area (Å²) < 4.78 is 5.66. The van der Waals surface area contributed by atoms with Crippen molar-refractivity contribution >= 4 is 18.0 Å². The Morgan fingerprint density at radius 1 is 1.11 bits per heavy atom. The number of nitrogens with one attached hydrogen (secondary N) is 1. The molecule has 2 aromatic rings. The zero-order chi connectivity index (χ0) is 25.3. The molecule has 1 aliphatic carbocycles. The monoisotopic (exact) mass is 478 g/mol. The van der Waals surface area contributed by atoms with Crippen LogP contribution in [0.25, 0.3) is 11.1 Å². The van der Waals surface area contributed by atoms with Gasteiger partial charge in [0.25, 0.3) is 0 Å². The van der Waals surface area contributed by atoms with Gasteiger partial charge in [-0.3, -0.25) is 9.59 Å². The van der Waals surface area contributed by atoms with Gasteiger partial charge in [-0.1, -0.05) is 75.7 Å². The van der Waals surface area contributed by atoms with Gasteiger partial charge in [0.1, 0.15) is 12.6 Å². The average molecular weight is 479 g/mol. The predicted octanol–water partition coefficient (Wildman–Crippen LogP) is 4.51. The summed E-state index contributed by atoms with van der Waals surface area (Å²) in [6.07, 6.45) is 0.0402. The molecular weight excluding hydrogens is 444 g/mol. The summed E-state index contributed by atoms with van der Waals surface area (Å²) in [6, 6.07) is 15.5. The molecule has 7 nitrogen and oxygen atoms in total. The van der Waals surface area contributed by atoms with Crippen molar-refractivity contribution in [3.05, 3.63) is 59.7 Å². The number of hydrogen-bond acceptors (Lipinski definition) is 4. The first-order valence-electron chi connectivity index (χ1n) is 12.3. The smallest absolute Gasteiger partial charge is 0.407 e. The van der Waals surface area contributed by atoms with E-state index < -0.39 is 23.5 Å². The number of likely N-dealkylation sites (tertiary alicyclic amines) is 1. The number of ether oxygens (including phenoxy) is 1. The van der Waals surface area contributed by atoms with Crippen LogP contribution in [-0.4, -0.2) is 53.7 Å². The van der Waals surface area contributed by atoms with Crippen LogP contribution in [0.3, 0.4) is 0 Å². The lowest BCUT2D eigenvalue weighted by atomic mass is 9.81. The molecular formula is C28H34N2O5. The highest BCUT2D eigenvalue weighted by atomic mass is 16.5.